The van der Waals surface area contributed by atoms with Crippen molar-refractivity contribution in [3.63, 3.8) is 0 Å². The number of rotatable bonds is 4. The van der Waals surface area contributed by atoms with Gasteiger partial charge in [-0.25, -0.2) is 4.79 Å². The van der Waals surface area contributed by atoms with Gasteiger partial charge in [-0.1, -0.05) is 13.3 Å². The number of carbonyl (C=O) groups excluding carboxylic acids is 2. The first-order valence-corrected chi connectivity index (χ1v) is 6.69. The molecule has 1 aliphatic heterocycles. The van der Waals surface area contributed by atoms with Gasteiger partial charge in [0.15, 0.2) is 0 Å². The van der Waals surface area contributed by atoms with Crippen LogP contribution in [0.3, 0.4) is 0 Å². The van der Waals surface area contributed by atoms with E-state index in [0.29, 0.717) is 19.5 Å². The van der Waals surface area contributed by atoms with Crippen LogP contribution in [-0.2, 0) is 4.79 Å². The minimum Gasteiger partial charge on any atom is -0.338 e. The smallest absolute Gasteiger partial charge is 0.315 e. The number of amides is 3. The first-order chi connectivity index (χ1) is 8.34. The summed E-state index contributed by atoms with van der Waals surface area (Å²) >= 11 is 0. The van der Waals surface area contributed by atoms with Crippen LogP contribution in [0, 0.1) is 0 Å². The maximum atomic E-state index is 11.8. The lowest BCUT2D eigenvalue weighted by Crippen LogP contribution is -2.46. The van der Waals surface area contributed by atoms with Crippen LogP contribution in [0.1, 0.15) is 47.0 Å². The minimum absolute atomic E-state index is 0.0710. The molecular formula is C13H25N3O2. The van der Waals surface area contributed by atoms with Crippen LogP contribution in [0.15, 0.2) is 0 Å². The van der Waals surface area contributed by atoms with Crippen LogP contribution in [-0.4, -0.2) is 41.5 Å². The van der Waals surface area contributed by atoms with E-state index in [0.717, 1.165) is 12.8 Å². The number of carbonyl (C=O) groups is 2. The molecule has 5 heteroatoms. The van der Waals surface area contributed by atoms with Crippen molar-refractivity contribution < 1.29 is 9.59 Å². The van der Waals surface area contributed by atoms with Gasteiger partial charge >= 0.3 is 6.03 Å². The summed E-state index contributed by atoms with van der Waals surface area (Å²) in [6.07, 6.45) is 2.43. The molecule has 0 aromatic carbocycles. The minimum atomic E-state index is -0.174. The van der Waals surface area contributed by atoms with Gasteiger partial charge in [-0.15, -0.1) is 0 Å². The Labute approximate surface area is 109 Å². The Hall–Kier alpha value is -1.26. The molecule has 0 radical (unpaired) electrons. The van der Waals surface area contributed by atoms with Gasteiger partial charge in [0, 0.05) is 25.0 Å². The first-order valence-electron chi connectivity index (χ1n) is 6.69. The molecule has 104 valence electrons. The topological polar surface area (TPSA) is 61.4 Å². The molecule has 18 heavy (non-hydrogen) atoms. The second-order valence-corrected chi connectivity index (χ2v) is 5.83. The summed E-state index contributed by atoms with van der Waals surface area (Å²) in [5.41, 5.74) is -0.174. The highest BCUT2D eigenvalue weighted by Gasteiger charge is 2.36. The van der Waals surface area contributed by atoms with E-state index in [4.69, 9.17) is 0 Å². The van der Waals surface area contributed by atoms with Crippen molar-refractivity contribution in [1.82, 2.24) is 15.5 Å². The summed E-state index contributed by atoms with van der Waals surface area (Å²) in [4.78, 5) is 25.2. The lowest BCUT2D eigenvalue weighted by molar-refractivity contribution is -0.131. The van der Waals surface area contributed by atoms with E-state index in [1.165, 1.54) is 0 Å². The Kier molecular flexibility index (Phi) is 4.99. The molecule has 0 saturated carbocycles. The Balaban J connectivity index is 2.38. The van der Waals surface area contributed by atoms with Crippen molar-refractivity contribution in [2.75, 3.05) is 13.1 Å². The summed E-state index contributed by atoms with van der Waals surface area (Å²) in [6.45, 7) is 9.39. The second kappa shape index (κ2) is 6.07. The average Bonchev–Trinajstić information content (AvgIpc) is 2.59. The molecule has 3 amide bonds. The van der Waals surface area contributed by atoms with Crippen LogP contribution in [0.2, 0.25) is 0 Å². The third kappa shape index (κ3) is 4.20. The fourth-order valence-corrected chi connectivity index (χ4v) is 2.07. The van der Waals surface area contributed by atoms with Gasteiger partial charge in [0.05, 0.1) is 6.04 Å². The third-order valence-electron chi connectivity index (χ3n) is 3.09. The molecule has 0 aliphatic carbocycles. The van der Waals surface area contributed by atoms with E-state index in [2.05, 4.69) is 17.6 Å². The van der Waals surface area contributed by atoms with Crippen LogP contribution in [0.4, 0.5) is 4.79 Å². The number of nitrogens with zero attached hydrogens (tertiary/aromatic N) is 1. The highest BCUT2D eigenvalue weighted by Crippen LogP contribution is 2.21. The highest BCUT2D eigenvalue weighted by molar-refractivity contribution is 5.82. The standard InChI is InChI=1S/C13H25N3O2/c1-5-6-7-14-12(18)15-10-8-11(17)16(9-10)13(2,3)4/h10H,5-9H2,1-4H3,(H2,14,15,18). The molecule has 1 heterocycles. The molecule has 1 aliphatic rings. The van der Waals surface area contributed by atoms with Gasteiger partial charge in [0.25, 0.3) is 0 Å². The summed E-state index contributed by atoms with van der Waals surface area (Å²) in [5, 5.41) is 5.66. The zero-order valence-corrected chi connectivity index (χ0v) is 11.9. The maximum Gasteiger partial charge on any atom is 0.315 e. The number of nitrogens with one attached hydrogen (secondary N) is 2. The molecule has 1 saturated heterocycles. The molecule has 0 bridgehead atoms. The molecular weight excluding hydrogens is 230 g/mol. The monoisotopic (exact) mass is 255 g/mol. The third-order valence-corrected chi connectivity index (χ3v) is 3.09. The molecule has 1 fully saturated rings. The maximum absolute atomic E-state index is 11.8. The Morgan fingerprint density at radius 2 is 2.11 bits per heavy atom. The van der Waals surface area contributed by atoms with Crippen LogP contribution < -0.4 is 10.6 Å². The van der Waals surface area contributed by atoms with E-state index >= 15 is 0 Å². The molecule has 1 unspecified atom stereocenters. The fraction of sp³-hybridized carbons (Fsp3) is 0.846. The Morgan fingerprint density at radius 1 is 1.44 bits per heavy atom. The Bertz CT molecular complexity index is 310. The molecule has 0 aromatic heterocycles. The molecule has 1 rings (SSSR count). The molecule has 1 atom stereocenters. The SMILES string of the molecule is CCCCNC(=O)NC1CC(=O)N(C(C)(C)C)C1. The number of hydrogen-bond donors (Lipinski definition) is 2. The van der Waals surface area contributed by atoms with E-state index in [-0.39, 0.29) is 23.5 Å². The molecule has 5 nitrogen and oxygen atoms in total. The van der Waals surface area contributed by atoms with Crippen molar-refractivity contribution >= 4 is 11.9 Å². The van der Waals surface area contributed by atoms with E-state index in [1.807, 2.05) is 25.7 Å². The molecule has 0 spiro atoms. The average molecular weight is 255 g/mol. The number of unbranched alkanes of at least 4 members (excludes halogenated alkanes) is 1. The van der Waals surface area contributed by atoms with Crippen LogP contribution in [0.5, 0.6) is 0 Å². The van der Waals surface area contributed by atoms with Crippen molar-refractivity contribution in [3.05, 3.63) is 0 Å². The van der Waals surface area contributed by atoms with Gasteiger partial charge in [-0.3, -0.25) is 4.79 Å². The predicted octanol–water partition coefficient (Wildman–Crippen LogP) is 1.49. The van der Waals surface area contributed by atoms with Crippen molar-refractivity contribution in [1.29, 1.82) is 0 Å². The highest BCUT2D eigenvalue weighted by atomic mass is 16.2. The van der Waals surface area contributed by atoms with E-state index in [1.54, 1.807) is 0 Å². The number of hydrogen-bond acceptors (Lipinski definition) is 2. The van der Waals surface area contributed by atoms with Gasteiger partial charge in [0.1, 0.15) is 0 Å². The quantitative estimate of drug-likeness (QED) is 0.748. The lowest BCUT2D eigenvalue weighted by atomic mass is 10.1. The zero-order chi connectivity index (χ0) is 13.8. The largest absolute Gasteiger partial charge is 0.338 e. The summed E-state index contributed by atoms with van der Waals surface area (Å²) in [7, 11) is 0. The predicted molar refractivity (Wildman–Crippen MR) is 71.3 cm³/mol. The zero-order valence-electron chi connectivity index (χ0n) is 11.9. The second-order valence-electron chi connectivity index (χ2n) is 5.83. The van der Waals surface area contributed by atoms with Crippen LogP contribution in [0.25, 0.3) is 0 Å². The van der Waals surface area contributed by atoms with Gasteiger partial charge in [-0.05, 0) is 27.2 Å². The number of likely N-dealkylation sites (tertiary alicyclic amines) is 1. The van der Waals surface area contributed by atoms with E-state index < -0.39 is 0 Å². The van der Waals surface area contributed by atoms with Crippen molar-refractivity contribution in [3.8, 4) is 0 Å². The molecule has 0 aromatic rings. The first kappa shape index (κ1) is 14.8. The summed E-state index contributed by atoms with van der Waals surface area (Å²) in [5.74, 6) is 0.112. The molecule has 2 N–H and O–H groups in total. The van der Waals surface area contributed by atoms with Crippen LogP contribution >= 0.6 is 0 Å². The van der Waals surface area contributed by atoms with Gasteiger partial charge in [-0.2, -0.15) is 0 Å². The van der Waals surface area contributed by atoms with E-state index in [9.17, 15) is 9.59 Å². The lowest BCUT2D eigenvalue weighted by Gasteiger charge is -2.32. The van der Waals surface area contributed by atoms with Crippen molar-refractivity contribution in [2.45, 2.75) is 58.5 Å². The van der Waals surface area contributed by atoms with Crippen molar-refractivity contribution in [2.24, 2.45) is 0 Å². The normalized spacial score (nSPS) is 20.1. The summed E-state index contributed by atoms with van der Waals surface area (Å²) in [6, 6.07) is -0.240. The van der Waals surface area contributed by atoms with Gasteiger partial charge in [0.2, 0.25) is 5.91 Å². The fourth-order valence-electron chi connectivity index (χ4n) is 2.07. The van der Waals surface area contributed by atoms with Gasteiger partial charge < -0.3 is 15.5 Å². The summed E-state index contributed by atoms with van der Waals surface area (Å²) < 4.78 is 0. The Morgan fingerprint density at radius 3 is 2.61 bits per heavy atom. The number of urea groups is 1.